The summed E-state index contributed by atoms with van der Waals surface area (Å²) in [6.07, 6.45) is 0. The van der Waals surface area contributed by atoms with Crippen LogP contribution in [0.2, 0.25) is 10.0 Å². The van der Waals surface area contributed by atoms with Gasteiger partial charge in [-0.15, -0.1) is 5.10 Å². The van der Waals surface area contributed by atoms with Gasteiger partial charge in [0.05, 0.1) is 49.7 Å². The maximum Gasteiger partial charge on any atom is 0.255 e. The molecule has 1 aliphatic heterocycles. The van der Waals surface area contributed by atoms with Crippen LogP contribution < -0.4 is 29.6 Å². The summed E-state index contributed by atoms with van der Waals surface area (Å²) in [5.74, 6) is 2.24. The van der Waals surface area contributed by atoms with Gasteiger partial charge in [-0.3, -0.25) is 4.79 Å². The Labute approximate surface area is 246 Å². The van der Waals surface area contributed by atoms with Gasteiger partial charge in [-0.05, 0) is 37.3 Å². The van der Waals surface area contributed by atoms with Gasteiger partial charge in [-0.25, -0.2) is 4.68 Å². The van der Waals surface area contributed by atoms with Crippen molar-refractivity contribution in [2.75, 3.05) is 39.1 Å². The highest BCUT2D eigenvalue weighted by atomic mass is 35.5. The van der Waals surface area contributed by atoms with Crippen LogP contribution in [-0.2, 0) is 4.79 Å². The molecule has 1 aliphatic rings. The second kappa shape index (κ2) is 11.6. The number of methoxy groups -OCH3 is 4. The van der Waals surface area contributed by atoms with Gasteiger partial charge >= 0.3 is 0 Å². The summed E-state index contributed by atoms with van der Waals surface area (Å²) < 4.78 is 23.5. The lowest BCUT2D eigenvalue weighted by atomic mass is 9.95. The van der Waals surface area contributed by atoms with Gasteiger partial charge < -0.3 is 29.6 Å². The van der Waals surface area contributed by atoms with Gasteiger partial charge in [0, 0.05) is 16.8 Å². The van der Waals surface area contributed by atoms with E-state index in [0.29, 0.717) is 72.9 Å². The van der Waals surface area contributed by atoms with Crippen LogP contribution in [-0.4, -0.2) is 49.1 Å². The molecular formula is C29H27Cl2N5O5. The topological polar surface area (TPSA) is 109 Å². The lowest BCUT2D eigenvalue weighted by Crippen LogP contribution is -2.31. The summed E-state index contributed by atoms with van der Waals surface area (Å²) in [4.78, 5) is 18.6. The van der Waals surface area contributed by atoms with E-state index in [9.17, 15) is 4.79 Å². The van der Waals surface area contributed by atoms with Gasteiger partial charge in [0.25, 0.3) is 5.91 Å². The van der Waals surface area contributed by atoms with Crippen molar-refractivity contribution >= 4 is 40.7 Å². The smallest absolute Gasteiger partial charge is 0.255 e. The molecule has 12 heteroatoms. The highest BCUT2D eigenvalue weighted by molar-refractivity contribution is 6.42. The van der Waals surface area contributed by atoms with Crippen LogP contribution in [0.4, 0.5) is 11.6 Å². The summed E-state index contributed by atoms with van der Waals surface area (Å²) >= 11 is 13.1. The summed E-state index contributed by atoms with van der Waals surface area (Å²) in [6.45, 7) is 1.79. The van der Waals surface area contributed by atoms with Crippen LogP contribution in [0.15, 0.2) is 65.9 Å². The van der Waals surface area contributed by atoms with Crippen molar-refractivity contribution in [3.05, 3.63) is 81.5 Å². The average Bonchev–Trinajstić information content (AvgIpc) is 3.41. The number of carbonyl (C=O) groups excluding carboxylic acids is 1. The van der Waals surface area contributed by atoms with Crippen LogP contribution in [0, 0.1) is 0 Å². The molecule has 1 unspecified atom stereocenters. The number of carbonyl (C=O) groups is 1. The molecular weight excluding hydrogens is 569 g/mol. The van der Waals surface area contributed by atoms with Gasteiger partial charge in [0.2, 0.25) is 11.7 Å². The first kappa shape index (κ1) is 28.1. The molecule has 0 fully saturated rings. The molecule has 0 spiro atoms. The number of anilines is 2. The number of nitrogens with zero attached hydrogens (tertiary/aromatic N) is 3. The van der Waals surface area contributed by atoms with Crippen molar-refractivity contribution in [3.63, 3.8) is 0 Å². The number of hydrogen-bond acceptors (Lipinski definition) is 8. The minimum atomic E-state index is -0.768. The maximum absolute atomic E-state index is 13.9. The third-order valence-electron chi connectivity index (χ3n) is 6.65. The number of hydrogen-bond donors (Lipinski definition) is 2. The molecule has 3 aromatic carbocycles. The molecule has 5 rings (SSSR count). The van der Waals surface area contributed by atoms with Crippen molar-refractivity contribution in [2.45, 2.75) is 13.0 Å². The van der Waals surface area contributed by atoms with Gasteiger partial charge in [-0.1, -0.05) is 47.5 Å². The van der Waals surface area contributed by atoms with E-state index in [2.05, 4.69) is 10.6 Å². The van der Waals surface area contributed by atoms with E-state index in [-0.39, 0.29) is 5.91 Å². The quantitative estimate of drug-likeness (QED) is 0.247. The number of halogens is 2. The molecule has 0 bridgehead atoms. The van der Waals surface area contributed by atoms with Crippen LogP contribution in [0.25, 0.3) is 11.4 Å². The van der Waals surface area contributed by atoms with E-state index in [1.165, 1.54) is 21.3 Å². The lowest BCUT2D eigenvalue weighted by Gasteiger charge is -2.29. The molecule has 0 radical (unpaired) electrons. The first-order valence-corrected chi connectivity index (χ1v) is 13.2. The van der Waals surface area contributed by atoms with Crippen LogP contribution in [0.3, 0.4) is 0 Å². The van der Waals surface area contributed by atoms with Crippen LogP contribution in [0.5, 0.6) is 23.0 Å². The van der Waals surface area contributed by atoms with E-state index in [0.717, 1.165) is 0 Å². The molecule has 41 heavy (non-hydrogen) atoms. The Hall–Kier alpha value is -4.41. The van der Waals surface area contributed by atoms with E-state index >= 15 is 0 Å². The maximum atomic E-state index is 13.9. The van der Waals surface area contributed by atoms with Crippen molar-refractivity contribution in [2.24, 2.45) is 0 Å². The lowest BCUT2D eigenvalue weighted by molar-refractivity contribution is -0.113. The Bertz CT molecular complexity index is 1640. The number of para-hydroxylation sites is 2. The number of ether oxygens (including phenoxy) is 4. The summed E-state index contributed by atoms with van der Waals surface area (Å²) in [6, 6.07) is 15.1. The highest BCUT2D eigenvalue weighted by Crippen LogP contribution is 2.44. The number of rotatable bonds is 8. The molecule has 1 atom stereocenters. The van der Waals surface area contributed by atoms with Crippen LogP contribution >= 0.6 is 23.2 Å². The number of fused-ring (bicyclic) bond motifs is 1. The fourth-order valence-corrected chi connectivity index (χ4v) is 5.15. The second-order valence-corrected chi connectivity index (χ2v) is 9.77. The van der Waals surface area contributed by atoms with E-state index in [1.54, 1.807) is 61.2 Å². The van der Waals surface area contributed by atoms with Crippen molar-refractivity contribution in [3.8, 4) is 34.4 Å². The summed E-state index contributed by atoms with van der Waals surface area (Å²) in [5.41, 5.74) is 2.63. The fourth-order valence-electron chi connectivity index (χ4n) is 4.73. The van der Waals surface area contributed by atoms with E-state index in [1.807, 2.05) is 12.1 Å². The average molecular weight is 596 g/mol. The third-order valence-corrected chi connectivity index (χ3v) is 7.48. The van der Waals surface area contributed by atoms with E-state index < -0.39 is 6.04 Å². The predicted octanol–water partition coefficient (Wildman–Crippen LogP) is 6.21. The molecule has 4 aromatic rings. The zero-order valence-electron chi connectivity index (χ0n) is 22.9. The Balaban J connectivity index is 1.65. The van der Waals surface area contributed by atoms with Crippen molar-refractivity contribution < 1.29 is 23.7 Å². The summed E-state index contributed by atoms with van der Waals surface area (Å²) in [7, 11) is 6.14. The molecule has 1 amide bonds. The largest absolute Gasteiger partial charge is 0.495 e. The minimum absolute atomic E-state index is 0.298. The normalized spacial score (nSPS) is 14.2. The molecule has 1 aromatic heterocycles. The molecule has 0 aliphatic carbocycles. The molecule has 2 N–H and O–H groups in total. The first-order chi connectivity index (χ1) is 19.8. The molecule has 10 nitrogen and oxygen atoms in total. The molecule has 2 heterocycles. The first-order valence-electron chi connectivity index (χ1n) is 12.4. The third kappa shape index (κ3) is 5.12. The number of aromatic nitrogens is 3. The Morgan fingerprint density at radius 3 is 2.27 bits per heavy atom. The Morgan fingerprint density at radius 2 is 1.61 bits per heavy atom. The second-order valence-electron chi connectivity index (χ2n) is 8.98. The van der Waals surface area contributed by atoms with Crippen molar-refractivity contribution in [1.82, 2.24) is 14.8 Å². The van der Waals surface area contributed by atoms with Crippen molar-refractivity contribution in [1.29, 1.82) is 0 Å². The van der Waals surface area contributed by atoms with Crippen LogP contribution in [0.1, 0.15) is 18.5 Å². The Morgan fingerprint density at radius 1 is 0.927 bits per heavy atom. The zero-order chi connectivity index (χ0) is 29.3. The van der Waals surface area contributed by atoms with Gasteiger partial charge in [0.1, 0.15) is 11.8 Å². The molecule has 0 saturated carbocycles. The summed E-state index contributed by atoms with van der Waals surface area (Å²) in [5, 5.41) is 11.6. The standard InChI is InChI=1S/C29H27Cl2N5O5/c1-15-23(28(37)33-19-11-6-7-12-20(19)38-2)25(17-9-8-10-18(30)24(17)31)36-29(32-15)34-27(35-36)16-13-21(39-3)26(41-5)22(14-16)40-4/h6-14,25H,1-5H3,(H,33,37)(H,32,34,35). The predicted molar refractivity (Wildman–Crippen MR) is 158 cm³/mol. The Kier molecular flexibility index (Phi) is 7.96. The molecule has 0 saturated heterocycles. The fraction of sp³-hybridized carbons (Fsp3) is 0.207. The molecule has 212 valence electrons. The zero-order valence-corrected chi connectivity index (χ0v) is 24.4. The number of allylic oxidation sites excluding steroid dienone is 1. The minimum Gasteiger partial charge on any atom is -0.495 e. The number of amides is 1. The number of benzene rings is 3. The monoisotopic (exact) mass is 595 g/mol. The number of nitrogens with one attached hydrogen (secondary N) is 2. The SMILES string of the molecule is COc1ccccc1NC(=O)C1=C(C)Nc2nc(-c3cc(OC)c(OC)c(OC)c3)nn2C1c1cccc(Cl)c1Cl. The van der Waals surface area contributed by atoms with Gasteiger partial charge in [0.15, 0.2) is 17.3 Å². The van der Waals surface area contributed by atoms with Gasteiger partial charge in [-0.2, -0.15) is 4.98 Å². The highest BCUT2D eigenvalue weighted by Gasteiger charge is 2.36. The van der Waals surface area contributed by atoms with E-state index in [4.69, 9.17) is 52.2 Å².